The van der Waals surface area contributed by atoms with E-state index in [1.807, 2.05) is 24.3 Å². The Morgan fingerprint density at radius 1 is 1.21 bits per heavy atom. The normalized spacial score (nSPS) is 16.2. The third-order valence-corrected chi connectivity index (χ3v) is 4.46. The largest absolute Gasteiger partial charge is 0.371 e. The number of ether oxygens (including phenoxy) is 1. The van der Waals surface area contributed by atoms with Crippen molar-refractivity contribution >= 4 is 35.6 Å². The van der Waals surface area contributed by atoms with E-state index in [1.165, 1.54) is 10.9 Å². The summed E-state index contributed by atoms with van der Waals surface area (Å²) in [6.45, 7) is 2.37. The summed E-state index contributed by atoms with van der Waals surface area (Å²) in [6.07, 6.45) is 3.26. The lowest BCUT2D eigenvalue weighted by molar-refractivity contribution is 0.0277. The molecule has 1 aliphatic rings. The highest BCUT2D eigenvalue weighted by Gasteiger charge is 2.16. The zero-order valence-corrected chi connectivity index (χ0v) is 16.4. The number of carbonyl (C=O) groups is 1. The molecule has 1 aliphatic heterocycles. The van der Waals surface area contributed by atoms with Crippen LogP contribution in [0.25, 0.3) is 5.82 Å². The molecular weight excluding hydrogens is 401 g/mol. The van der Waals surface area contributed by atoms with Gasteiger partial charge in [-0.1, -0.05) is 23.7 Å². The van der Waals surface area contributed by atoms with Crippen molar-refractivity contribution in [3.63, 3.8) is 0 Å². The Morgan fingerprint density at radius 2 is 2.04 bits per heavy atom. The number of anilines is 1. The van der Waals surface area contributed by atoms with Crippen molar-refractivity contribution in [3.8, 4) is 5.82 Å². The summed E-state index contributed by atoms with van der Waals surface area (Å²) >= 11 is 5.84. The van der Waals surface area contributed by atoms with Crippen LogP contribution in [0.3, 0.4) is 0 Å². The first kappa shape index (κ1) is 20.3. The van der Waals surface area contributed by atoms with Gasteiger partial charge in [0, 0.05) is 31.2 Å². The summed E-state index contributed by atoms with van der Waals surface area (Å²) < 4.78 is 7.26. The van der Waals surface area contributed by atoms with Crippen molar-refractivity contribution in [1.82, 2.24) is 20.1 Å². The van der Waals surface area contributed by atoms with Crippen LogP contribution in [0.5, 0.6) is 0 Å². The number of aromatic nitrogens is 3. The van der Waals surface area contributed by atoms with Gasteiger partial charge in [-0.3, -0.25) is 4.79 Å². The van der Waals surface area contributed by atoms with Gasteiger partial charge in [0.2, 0.25) is 0 Å². The second-order valence-corrected chi connectivity index (χ2v) is 6.56. The quantitative estimate of drug-likeness (QED) is 0.678. The molecule has 0 aliphatic carbocycles. The van der Waals surface area contributed by atoms with Crippen molar-refractivity contribution in [2.24, 2.45) is 0 Å². The van der Waals surface area contributed by atoms with Gasteiger partial charge in [0.15, 0.2) is 11.5 Å². The number of hydrogen-bond acceptors (Lipinski definition) is 5. The molecule has 7 nitrogen and oxygen atoms in total. The summed E-state index contributed by atoms with van der Waals surface area (Å²) in [5, 5.41) is 11.0. The van der Waals surface area contributed by atoms with Gasteiger partial charge in [0.1, 0.15) is 0 Å². The highest BCUT2D eigenvalue weighted by Crippen LogP contribution is 2.21. The third kappa shape index (κ3) is 4.69. The van der Waals surface area contributed by atoms with Gasteiger partial charge in [-0.2, -0.15) is 5.10 Å². The molecule has 1 atom stereocenters. The molecule has 4 rings (SSSR count). The average molecular weight is 420 g/mol. The number of rotatable bonds is 4. The number of pyridine rings is 1. The minimum absolute atomic E-state index is 0. The average Bonchev–Trinajstić information content (AvgIpc) is 3.20. The molecule has 146 valence electrons. The molecule has 0 bridgehead atoms. The lowest BCUT2D eigenvalue weighted by Gasteiger charge is -2.24. The predicted molar refractivity (Wildman–Crippen MR) is 110 cm³/mol. The molecule has 2 N–H and O–H groups in total. The Labute approximate surface area is 173 Å². The van der Waals surface area contributed by atoms with Gasteiger partial charge < -0.3 is 15.4 Å². The van der Waals surface area contributed by atoms with E-state index in [-0.39, 0.29) is 24.4 Å². The van der Waals surface area contributed by atoms with Gasteiger partial charge in [0.05, 0.1) is 17.7 Å². The summed E-state index contributed by atoms with van der Waals surface area (Å²) in [6, 6.07) is 12.7. The molecule has 3 heterocycles. The summed E-state index contributed by atoms with van der Waals surface area (Å²) in [4.78, 5) is 16.6. The van der Waals surface area contributed by atoms with Crippen LogP contribution in [0.2, 0.25) is 5.02 Å². The smallest absolute Gasteiger partial charge is 0.276 e. The maximum absolute atomic E-state index is 12.4. The van der Waals surface area contributed by atoms with Crippen molar-refractivity contribution in [1.29, 1.82) is 0 Å². The second-order valence-electron chi connectivity index (χ2n) is 6.12. The van der Waals surface area contributed by atoms with E-state index in [9.17, 15) is 4.79 Å². The van der Waals surface area contributed by atoms with Gasteiger partial charge in [-0.05, 0) is 35.9 Å². The second kappa shape index (κ2) is 9.16. The molecular formula is C19H19Cl2N5O2. The van der Waals surface area contributed by atoms with Crippen LogP contribution in [-0.4, -0.2) is 40.4 Å². The summed E-state index contributed by atoms with van der Waals surface area (Å²) in [7, 11) is 0. The van der Waals surface area contributed by atoms with Crippen LogP contribution >= 0.6 is 24.0 Å². The van der Waals surface area contributed by atoms with Gasteiger partial charge >= 0.3 is 0 Å². The standard InChI is InChI=1S/C19H18ClN5O2.ClH/c20-14-3-6-18(22-11-14)25-9-7-16(24-25)19(26)23-15-4-1-13(2-5-15)17-12-21-8-10-27-17;/h1-7,9,11,17,21H,8,10,12H2,(H,23,26);1H. The molecule has 0 saturated carbocycles. The molecule has 1 fully saturated rings. The molecule has 3 aromatic rings. The zero-order valence-electron chi connectivity index (χ0n) is 14.8. The van der Waals surface area contributed by atoms with Gasteiger partial charge in [-0.25, -0.2) is 9.67 Å². The SMILES string of the molecule is Cl.O=C(Nc1ccc(C2CNCCO2)cc1)c1ccn(-c2ccc(Cl)cn2)n1. The molecule has 0 spiro atoms. The Morgan fingerprint density at radius 3 is 2.71 bits per heavy atom. The van der Waals surface area contributed by atoms with Gasteiger partial charge in [0.25, 0.3) is 5.91 Å². The fourth-order valence-electron chi connectivity index (χ4n) is 2.83. The lowest BCUT2D eigenvalue weighted by Crippen LogP contribution is -2.33. The van der Waals surface area contributed by atoms with Crippen molar-refractivity contribution < 1.29 is 9.53 Å². The van der Waals surface area contributed by atoms with Crippen LogP contribution in [0.4, 0.5) is 5.69 Å². The van der Waals surface area contributed by atoms with E-state index in [4.69, 9.17) is 16.3 Å². The fraction of sp³-hybridized carbons (Fsp3) is 0.211. The Kier molecular flexibility index (Phi) is 6.64. The van der Waals surface area contributed by atoms with Crippen molar-refractivity contribution in [3.05, 3.63) is 71.1 Å². The molecule has 2 aromatic heterocycles. The number of benzene rings is 1. The van der Waals surface area contributed by atoms with E-state index in [2.05, 4.69) is 20.7 Å². The highest BCUT2D eigenvalue weighted by atomic mass is 35.5. The maximum atomic E-state index is 12.4. The molecule has 0 radical (unpaired) electrons. The van der Waals surface area contributed by atoms with Crippen molar-refractivity contribution in [2.75, 3.05) is 25.0 Å². The van der Waals surface area contributed by atoms with Crippen LogP contribution < -0.4 is 10.6 Å². The fourth-order valence-corrected chi connectivity index (χ4v) is 2.94. The molecule has 1 amide bonds. The predicted octanol–water partition coefficient (Wildman–Crippen LogP) is 3.26. The number of carbonyl (C=O) groups excluding carboxylic acids is 1. The van der Waals surface area contributed by atoms with E-state index in [0.29, 0.717) is 28.8 Å². The summed E-state index contributed by atoms with van der Waals surface area (Å²) in [5.74, 6) is 0.301. The van der Waals surface area contributed by atoms with Crippen LogP contribution in [-0.2, 0) is 4.74 Å². The topological polar surface area (TPSA) is 81.1 Å². The molecule has 1 saturated heterocycles. The Balaban J connectivity index is 0.00000225. The minimum atomic E-state index is -0.286. The first-order chi connectivity index (χ1) is 13.2. The molecule has 28 heavy (non-hydrogen) atoms. The molecule has 9 heteroatoms. The Hall–Kier alpha value is -2.45. The number of amides is 1. The van der Waals surface area contributed by atoms with Gasteiger partial charge in [-0.15, -0.1) is 12.4 Å². The first-order valence-electron chi connectivity index (χ1n) is 8.60. The number of hydrogen-bond donors (Lipinski definition) is 2. The third-order valence-electron chi connectivity index (χ3n) is 4.24. The number of morpholine rings is 1. The van der Waals surface area contributed by atoms with Crippen LogP contribution in [0, 0.1) is 0 Å². The molecule has 1 unspecified atom stereocenters. The lowest BCUT2D eigenvalue weighted by atomic mass is 10.1. The van der Waals surface area contributed by atoms with E-state index in [0.717, 1.165) is 18.7 Å². The minimum Gasteiger partial charge on any atom is -0.371 e. The molecule has 1 aromatic carbocycles. The van der Waals surface area contributed by atoms with E-state index < -0.39 is 0 Å². The zero-order chi connectivity index (χ0) is 18.6. The van der Waals surface area contributed by atoms with Crippen LogP contribution in [0.1, 0.15) is 22.2 Å². The monoisotopic (exact) mass is 419 g/mol. The van der Waals surface area contributed by atoms with Crippen molar-refractivity contribution in [2.45, 2.75) is 6.10 Å². The van der Waals surface area contributed by atoms with E-state index in [1.54, 1.807) is 24.4 Å². The summed E-state index contributed by atoms with van der Waals surface area (Å²) in [5.41, 5.74) is 2.08. The maximum Gasteiger partial charge on any atom is 0.276 e. The highest BCUT2D eigenvalue weighted by molar-refractivity contribution is 6.30. The number of nitrogens with one attached hydrogen (secondary N) is 2. The van der Waals surface area contributed by atoms with E-state index >= 15 is 0 Å². The first-order valence-corrected chi connectivity index (χ1v) is 8.98. The number of halogens is 2. The Bertz CT molecular complexity index is 922. The van der Waals surface area contributed by atoms with Crippen LogP contribution in [0.15, 0.2) is 54.9 Å². The number of nitrogens with zero attached hydrogens (tertiary/aromatic N) is 3.